The van der Waals surface area contributed by atoms with Crippen LogP contribution in [0, 0.1) is 5.92 Å². The van der Waals surface area contributed by atoms with Crippen molar-refractivity contribution in [2.24, 2.45) is 5.92 Å². The van der Waals surface area contributed by atoms with Gasteiger partial charge in [0.25, 0.3) is 0 Å². The first-order chi connectivity index (χ1) is 13.7. The van der Waals surface area contributed by atoms with E-state index < -0.39 is 0 Å². The molecule has 4 heteroatoms. The molecule has 2 aliphatic rings. The first kappa shape index (κ1) is 19.0. The second kappa shape index (κ2) is 8.78. The van der Waals surface area contributed by atoms with Gasteiger partial charge in [0, 0.05) is 18.6 Å². The monoisotopic (exact) mass is 379 g/mol. The number of hydrogen-bond donors (Lipinski definition) is 0. The van der Waals surface area contributed by atoms with E-state index in [9.17, 15) is 4.79 Å². The number of nitrogens with zero attached hydrogens (tertiary/aromatic N) is 1. The molecule has 2 bridgehead atoms. The quantitative estimate of drug-likeness (QED) is 0.680. The highest BCUT2D eigenvalue weighted by Gasteiger charge is 2.42. The minimum absolute atomic E-state index is 0.0385. The van der Waals surface area contributed by atoms with Gasteiger partial charge in [-0.2, -0.15) is 0 Å². The molecule has 0 N–H and O–H groups in total. The van der Waals surface area contributed by atoms with Crippen LogP contribution in [0.25, 0.3) is 0 Å². The number of carbonyl (C=O) groups excluding carboxylic acids is 1. The van der Waals surface area contributed by atoms with Crippen LogP contribution in [0.2, 0.25) is 0 Å². The Labute approximate surface area is 167 Å². The molecule has 0 spiro atoms. The van der Waals surface area contributed by atoms with Crippen LogP contribution in [0.15, 0.2) is 54.6 Å². The van der Waals surface area contributed by atoms with Gasteiger partial charge in [-0.3, -0.25) is 9.69 Å². The molecule has 2 heterocycles. The minimum Gasteiger partial charge on any atom is -0.492 e. The Hall–Kier alpha value is -2.33. The molecule has 2 aromatic rings. The fourth-order valence-electron chi connectivity index (χ4n) is 4.80. The van der Waals surface area contributed by atoms with Gasteiger partial charge < -0.3 is 9.47 Å². The van der Waals surface area contributed by atoms with E-state index in [1.54, 1.807) is 0 Å². The lowest BCUT2D eigenvalue weighted by Gasteiger charge is -2.37. The maximum atomic E-state index is 11.9. The van der Waals surface area contributed by atoms with Gasteiger partial charge in [-0.25, -0.2) is 0 Å². The van der Waals surface area contributed by atoms with Gasteiger partial charge in [-0.05, 0) is 55.4 Å². The summed E-state index contributed by atoms with van der Waals surface area (Å²) in [6, 6.07) is 19.9. The predicted molar refractivity (Wildman–Crippen MR) is 109 cm³/mol. The molecule has 0 aliphatic carbocycles. The zero-order valence-electron chi connectivity index (χ0n) is 16.5. The molecule has 0 saturated carbocycles. The summed E-state index contributed by atoms with van der Waals surface area (Å²) in [7, 11) is 1.50. The third kappa shape index (κ3) is 4.39. The van der Waals surface area contributed by atoms with Crippen LogP contribution in [0.5, 0.6) is 5.75 Å². The Balaban J connectivity index is 1.25. The van der Waals surface area contributed by atoms with Crippen LogP contribution in [0.3, 0.4) is 0 Å². The van der Waals surface area contributed by atoms with Gasteiger partial charge in [-0.15, -0.1) is 0 Å². The van der Waals surface area contributed by atoms with E-state index in [1.807, 2.05) is 6.07 Å². The Morgan fingerprint density at radius 2 is 1.61 bits per heavy atom. The lowest BCUT2D eigenvalue weighted by molar-refractivity contribution is -0.148. The zero-order chi connectivity index (χ0) is 19.3. The van der Waals surface area contributed by atoms with Gasteiger partial charge in [0.05, 0.1) is 13.0 Å². The zero-order valence-corrected chi connectivity index (χ0v) is 16.5. The predicted octanol–water partition coefficient (Wildman–Crippen LogP) is 4.07. The number of piperidine rings is 1. The smallest absolute Gasteiger partial charge is 0.308 e. The third-order valence-electron chi connectivity index (χ3n) is 6.21. The number of hydrogen-bond acceptors (Lipinski definition) is 4. The van der Waals surface area contributed by atoms with Gasteiger partial charge in [0.1, 0.15) is 12.4 Å². The summed E-state index contributed by atoms with van der Waals surface area (Å²) < 4.78 is 11.0. The van der Waals surface area contributed by atoms with Crippen molar-refractivity contribution in [3.05, 3.63) is 65.7 Å². The molecule has 2 saturated heterocycles. The van der Waals surface area contributed by atoms with E-state index in [0.717, 1.165) is 31.6 Å². The Morgan fingerprint density at radius 3 is 2.25 bits per heavy atom. The van der Waals surface area contributed by atoms with Crippen LogP contribution in [0.4, 0.5) is 0 Å². The number of ether oxygens (including phenoxy) is 2. The molecule has 2 atom stereocenters. The standard InChI is InChI=1S/C24H29NO3/c1-27-24(26)20-16-21-9-10-22(17-20)25(21)13-14-28-23-11-7-19(8-12-23)15-18-5-3-2-4-6-18/h2-8,11-12,20-22H,9-10,13-17H2,1H3. The Kier molecular flexibility index (Phi) is 5.96. The Morgan fingerprint density at radius 1 is 0.964 bits per heavy atom. The van der Waals surface area contributed by atoms with Crippen molar-refractivity contribution in [2.45, 2.75) is 44.2 Å². The molecule has 0 radical (unpaired) electrons. The second-order valence-corrected chi connectivity index (χ2v) is 7.97. The maximum Gasteiger partial charge on any atom is 0.308 e. The summed E-state index contributed by atoms with van der Waals surface area (Å²) in [6.45, 7) is 1.61. The van der Waals surface area contributed by atoms with Gasteiger partial charge in [0.15, 0.2) is 0 Å². The molecule has 0 aromatic heterocycles. The molecule has 4 nitrogen and oxygen atoms in total. The molecule has 2 unspecified atom stereocenters. The lowest BCUT2D eigenvalue weighted by atomic mass is 9.91. The van der Waals surface area contributed by atoms with Gasteiger partial charge in [-0.1, -0.05) is 42.5 Å². The van der Waals surface area contributed by atoms with Crippen LogP contribution in [-0.2, 0) is 16.0 Å². The third-order valence-corrected chi connectivity index (χ3v) is 6.21. The highest BCUT2D eigenvalue weighted by atomic mass is 16.5. The van der Waals surface area contributed by atoms with Gasteiger partial charge >= 0.3 is 5.97 Å². The average Bonchev–Trinajstić information content (AvgIpc) is 2.96. The average molecular weight is 380 g/mol. The maximum absolute atomic E-state index is 11.9. The summed E-state index contributed by atoms with van der Waals surface area (Å²) in [4.78, 5) is 14.4. The Bertz CT molecular complexity index is 760. The van der Waals surface area contributed by atoms with Crippen molar-refractivity contribution in [3.8, 4) is 5.75 Å². The number of methoxy groups -OCH3 is 1. The van der Waals surface area contributed by atoms with E-state index in [0.29, 0.717) is 18.7 Å². The van der Waals surface area contributed by atoms with E-state index in [-0.39, 0.29) is 11.9 Å². The van der Waals surface area contributed by atoms with Crippen molar-refractivity contribution in [1.29, 1.82) is 0 Å². The van der Waals surface area contributed by atoms with Crippen molar-refractivity contribution in [3.63, 3.8) is 0 Å². The van der Waals surface area contributed by atoms with Crippen molar-refractivity contribution in [1.82, 2.24) is 4.90 Å². The van der Waals surface area contributed by atoms with E-state index in [2.05, 4.69) is 53.4 Å². The summed E-state index contributed by atoms with van der Waals surface area (Å²) in [5, 5.41) is 0. The lowest BCUT2D eigenvalue weighted by Crippen LogP contribution is -2.46. The fraction of sp³-hybridized carbons (Fsp3) is 0.458. The van der Waals surface area contributed by atoms with Crippen molar-refractivity contribution in [2.75, 3.05) is 20.3 Å². The largest absolute Gasteiger partial charge is 0.492 e. The van der Waals surface area contributed by atoms with Crippen molar-refractivity contribution >= 4 is 5.97 Å². The summed E-state index contributed by atoms with van der Waals surface area (Å²) in [6.07, 6.45) is 5.17. The van der Waals surface area contributed by atoms with Crippen molar-refractivity contribution < 1.29 is 14.3 Å². The van der Waals surface area contributed by atoms with Crippen LogP contribution < -0.4 is 4.74 Å². The molecule has 2 fully saturated rings. The molecule has 0 amide bonds. The molecular weight excluding hydrogens is 350 g/mol. The van der Waals surface area contributed by atoms with E-state index in [1.165, 1.54) is 31.1 Å². The second-order valence-electron chi connectivity index (χ2n) is 7.97. The van der Waals surface area contributed by atoms with Crippen LogP contribution in [0.1, 0.15) is 36.8 Å². The fourth-order valence-corrected chi connectivity index (χ4v) is 4.80. The molecule has 28 heavy (non-hydrogen) atoms. The summed E-state index contributed by atoms with van der Waals surface area (Å²) in [5.74, 6) is 0.967. The number of esters is 1. The number of fused-ring (bicyclic) bond motifs is 2. The molecular formula is C24H29NO3. The normalized spacial score (nSPS) is 24.1. The number of benzene rings is 2. The minimum atomic E-state index is -0.0385. The van der Waals surface area contributed by atoms with Crippen LogP contribution >= 0.6 is 0 Å². The highest BCUT2D eigenvalue weighted by Crippen LogP contribution is 2.38. The van der Waals surface area contributed by atoms with E-state index >= 15 is 0 Å². The molecule has 148 valence electrons. The van der Waals surface area contributed by atoms with Crippen LogP contribution in [-0.4, -0.2) is 43.2 Å². The summed E-state index contributed by atoms with van der Waals surface area (Å²) >= 11 is 0. The topological polar surface area (TPSA) is 38.8 Å². The number of rotatable bonds is 7. The first-order valence-electron chi connectivity index (χ1n) is 10.3. The summed E-state index contributed by atoms with van der Waals surface area (Å²) in [5.41, 5.74) is 2.61. The molecule has 2 aliphatic heterocycles. The molecule has 2 aromatic carbocycles. The SMILES string of the molecule is COC(=O)C1CC2CCC(C1)N2CCOc1ccc(Cc2ccccc2)cc1. The first-order valence-corrected chi connectivity index (χ1v) is 10.3. The number of carbonyl (C=O) groups is 1. The molecule has 4 rings (SSSR count). The van der Waals surface area contributed by atoms with Gasteiger partial charge in [0.2, 0.25) is 0 Å². The van der Waals surface area contributed by atoms with E-state index in [4.69, 9.17) is 9.47 Å². The highest BCUT2D eigenvalue weighted by molar-refractivity contribution is 5.72.